The molecule has 2 nitrogen and oxygen atoms in total. The van der Waals surface area contributed by atoms with Gasteiger partial charge < -0.3 is 4.74 Å². The molecule has 0 aliphatic carbocycles. The summed E-state index contributed by atoms with van der Waals surface area (Å²) >= 11 is 0. The Hall–Kier alpha value is -2.50. The molecule has 0 amide bonds. The number of ether oxygens (including phenoxy) is 1. The van der Waals surface area contributed by atoms with Crippen molar-refractivity contribution in [2.45, 2.75) is 4.90 Å². The van der Waals surface area contributed by atoms with Crippen LogP contribution in [0, 0.1) is 0 Å². The number of para-hydroxylation sites is 2. The largest absolute Gasteiger partial charge is 0.436 e. The first-order valence-corrected chi connectivity index (χ1v) is 10.1. The molecule has 0 saturated heterocycles. The molecular formula is C21H16FNOS2. The summed E-state index contributed by atoms with van der Waals surface area (Å²) in [6, 6.07) is 28.0. The Morgan fingerprint density at radius 1 is 0.808 bits per heavy atom. The molecule has 3 aromatic rings. The molecule has 0 radical (unpaired) electrons. The predicted molar refractivity (Wildman–Crippen MR) is 110 cm³/mol. The van der Waals surface area contributed by atoms with Gasteiger partial charge in [0.25, 0.3) is 5.90 Å². The van der Waals surface area contributed by atoms with Crippen molar-refractivity contribution < 1.29 is 9.13 Å². The van der Waals surface area contributed by atoms with E-state index >= 15 is 0 Å². The molecule has 0 aromatic heterocycles. The first-order valence-electron chi connectivity index (χ1n) is 7.92. The van der Waals surface area contributed by atoms with Gasteiger partial charge in [-0.05, 0) is 36.4 Å². The molecule has 0 bridgehead atoms. The summed E-state index contributed by atoms with van der Waals surface area (Å²) in [5, 5.41) is 1.41. The van der Waals surface area contributed by atoms with Gasteiger partial charge in [-0.2, -0.15) is 0 Å². The van der Waals surface area contributed by atoms with E-state index in [4.69, 9.17) is 4.74 Å². The Kier molecular flexibility index (Phi) is 6.93. The minimum absolute atomic E-state index is 0.0661. The first kappa shape index (κ1) is 18.3. The van der Waals surface area contributed by atoms with Crippen molar-refractivity contribution >= 4 is 33.2 Å². The van der Waals surface area contributed by atoms with E-state index in [1.54, 1.807) is 24.3 Å². The van der Waals surface area contributed by atoms with Crippen LogP contribution in [0.4, 0.5) is 10.1 Å². The zero-order chi connectivity index (χ0) is 18.0. The van der Waals surface area contributed by atoms with Crippen LogP contribution in [0.3, 0.4) is 0 Å². The fourth-order valence-electron chi connectivity index (χ4n) is 1.99. The van der Waals surface area contributed by atoms with Crippen LogP contribution in [0.1, 0.15) is 0 Å². The molecule has 3 aromatic carbocycles. The van der Waals surface area contributed by atoms with Gasteiger partial charge in [0.15, 0.2) is 5.83 Å². The highest BCUT2D eigenvalue weighted by Crippen LogP contribution is 2.33. The van der Waals surface area contributed by atoms with Gasteiger partial charge in [0, 0.05) is 10.3 Å². The lowest BCUT2D eigenvalue weighted by molar-refractivity contribution is 0.521. The van der Waals surface area contributed by atoms with E-state index in [1.165, 1.54) is 27.0 Å². The maximum atomic E-state index is 14.7. The minimum atomic E-state index is -0.522. The quantitative estimate of drug-likeness (QED) is 0.259. The molecule has 0 fully saturated rings. The van der Waals surface area contributed by atoms with Gasteiger partial charge in [0.2, 0.25) is 0 Å². The van der Waals surface area contributed by atoms with Crippen molar-refractivity contribution in [1.29, 1.82) is 0 Å². The van der Waals surface area contributed by atoms with Gasteiger partial charge in [-0.1, -0.05) is 76.2 Å². The van der Waals surface area contributed by atoms with Gasteiger partial charge >= 0.3 is 0 Å². The van der Waals surface area contributed by atoms with Gasteiger partial charge in [0.05, 0.1) is 5.69 Å². The summed E-state index contributed by atoms with van der Waals surface area (Å²) in [5.41, 5.74) is 0.627. The number of aliphatic imine (C=N–C) groups is 1. The lowest BCUT2D eigenvalue weighted by Gasteiger charge is -2.07. The average molecular weight is 381 g/mol. The Bertz CT molecular complexity index is 868. The summed E-state index contributed by atoms with van der Waals surface area (Å²) < 4.78 is 20.4. The van der Waals surface area contributed by atoms with E-state index in [-0.39, 0.29) is 5.90 Å². The van der Waals surface area contributed by atoms with Crippen molar-refractivity contribution in [3.8, 4) is 5.75 Å². The number of hydrogen-bond donors (Lipinski definition) is 0. The van der Waals surface area contributed by atoms with Crippen LogP contribution < -0.4 is 4.74 Å². The molecular weight excluding hydrogens is 365 g/mol. The molecule has 130 valence electrons. The number of halogens is 1. The number of nitrogens with zero attached hydrogens (tertiary/aromatic N) is 1. The molecule has 0 spiro atoms. The molecule has 26 heavy (non-hydrogen) atoms. The summed E-state index contributed by atoms with van der Waals surface area (Å²) in [5.74, 6) is -0.0545. The average Bonchev–Trinajstić information content (AvgIpc) is 2.70. The molecule has 0 aliphatic heterocycles. The van der Waals surface area contributed by atoms with Gasteiger partial charge in [-0.25, -0.2) is 9.38 Å². The van der Waals surface area contributed by atoms with E-state index in [9.17, 15) is 4.39 Å². The van der Waals surface area contributed by atoms with E-state index < -0.39 is 5.83 Å². The number of benzene rings is 3. The van der Waals surface area contributed by atoms with Crippen molar-refractivity contribution in [3.63, 3.8) is 0 Å². The molecule has 0 atom stereocenters. The third kappa shape index (κ3) is 5.79. The van der Waals surface area contributed by atoms with Crippen LogP contribution in [0.25, 0.3) is 0 Å². The molecule has 0 N–H and O–H groups in total. The highest BCUT2D eigenvalue weighted by atomic mass is 33.1. The Balaban J connectivity index is 1.77. The second-order valence-corrected chi connectivity index (χ2v) is 7.27. The summed E-state index contributed by atoms with van der Waals surface area (Å²) in [6.07, 6.45) is 0. The standard InChI is InChI=1S/C21H16FNOS2/c22-20(16-25-26-19-14-8-3-9-15-19)21(23-17-10-4-1-5-11-17)24-18-12-6-2-7-13-18/h1-16H/b20-16-,23-21-. The Morgan fingerprint density at radius 2 is 1.38 bits per heavy atom. The van der Waals surface area contributed by atoms with Crippen LogP contribution in [0.15, 0.2) is 112 Å². The summed E-state index contributed by atoms with van der Waals surface area (Å²) in [7, 11) is 2.75. The van der Waals surface area contributed by atoms with Crippen LogP contribution >= 0.6 is 21.6 Å². The minimum Gasteiger partial charge on any atom is -0.436 e. The zero-order valence-electron chi connectivity index (χ0n) is 13.8. The fraction of sp³-hybridized carbons (Fsp3) is 0. The highest BCUT2D eigenvalue weighted by molar-refractivity contribution is 8.77. The second-order valence-electron chi connectivity index (χ2n) is 5.13. The highest BCUT2D eigenvalue weighted by Gasteiger charge is 2.11. The van der Waals surface area contributed by atoms with E-state index in [2.05, 4.69) is 4.99 Å². The summed E-state index contributed by atoms with van der Waals surface area (Å²) in [6.45, 7) is 0. The van der Waals surface area contributed by atoms with Crippen molar-refractivity contribution in [2.24, 2.45) is 4.99 Å². The maximum Gasteiger partial charge on any atom is 0.257 e. The summed E-state index contributed by atoms with van der Waals surface area (Å²) in [4.78, 5) is 5.36. The lowest BCUT2D eigenvalue weighted by Crippen LogP contribution is -2.08. The van der Waals surface area contributed by atoms with Crippen molar-refractivity contribution in [2.75, 3.05) is 0 Å². The third-order valence-electron chi connectivity index (χ3n) is 3.19. The van der Waals surface area contributed by atoms with E-state index in [0.717, 1.165) is 4.90 Å². The van der Waals surface area contributed by atoms with E-state index in [1.807, 2.05) is 66.7 Å². The molecule has 0 aliphatic rings. The molecule has 0 unspecified atom stereocenters. The van der Waals surface area contributed by atoms with Crippen molar-refractivity contribution in [1.82, 2.24) is 0 Å². The fourth-order valence-corrected chi connectivity index (χ4v) is 3.67. The molecule has 3 rings (SSSR count). The second kappa shape index (κ2) is 9.85. The topological polar surface area (TPSA) is 21.6 Å². The molecule has 5 heteroatoms. The SMILES string of the molecule is FC(=C\SSc1ccccc1)/C(=N/c1ccccc1)Oc1ccccc1. The zero-order valence-corrected chi connectivity index (χ0v) is 15.4. The van der Waals surface area contributed by atoms with Crippen LogP contribution in [-0.4, -0.2) is 5.90 Å². The maximum absolute atomic E-state index is 14.7. The third-order valence-corrected chi connectivity index (χ3v) is 5.21. The van der Waals surface area contributed by atoms with Gasteiger partial charge in [0.1, 0.15) is 5.75 Å². The Morgan fingerprint density at radius 3 is 2.04 bits per heavy atom. The number of hydrogen-bond acceptors (Lipinski definition) is 4. The predicted octanol–water partition coefficient (Wildman–Crippen LogP) is 7.05. The Labute approximate surface area is 160 Å². The van der Waals surface area contributed by atoms with Crippen LogP contribution in [-0.2, 0) is 0 Å². The monoisotopic (exact) mass is 381 g/mol. The molecule has 0 heterocycles. The van der Waals surface area contributed by atoms with Crippen molar-refractivity contribution in [3.05, 3.63) is 102 Å². The van der Waals surface area contributed by atoms with Crippen LogP contribution in [0.2, 0.25) is 0 Å². The number of rotatable bonds is 6. The van der Waals surface area contributed by atoms with E-state index in [0.29, 0.717) is 11.4 Å². The van der Waals surface area contributed by atoms with Gasteiger partial charge in [-0.15, -0.1) is 0 Å². The van der Waals surface area contributed by atoms with Crippen LogP contribution in [0.5, 0.6) is 5.75 Å². The first-order chi connectivity index (χ1) is 12.8. The smallest absolute Gasteiger partial charge is 0.257 e. The van der Waals surface area contributed by atoms with Gasteiger partial charge in [-0.3, -0.25) is 0 Å². The lowest BCUT2D eigenvalue weighted by atomic mass is 10.3. The molecule has 0 saturated carbocycles. The normalized spacial score (nSPS) is 12.0.